The molecule has 0 aliphatic carbocycles. The van der Waals surface area contributed by atoms with Crippen LogP contribution in [0.2, 0.25) is 0 Å². The third-order valence-electron chi connectivity index (χ3n) is 3.85. The highest BCUT2D eigenvalue weighted by Gasteiger charge is 2.25. The topological polar surface area (TPSA) is 15.3 Å². The number of hydrogen-bond acceptors (Lipinski definition) is 2. The van der Waals surface area contributed by atoms with Crippen molar-refractivity contribution in [3.63, 3.8) is 0 Å². The van der Waals surface area contributed by atoms with Crippen LogP contribution < -0.4 is 5.32 Å². The number of piperidine rings is 1. The van der Waals surface area contributed by atoms with E-state index in [9.17, 15) is 0 Å². The monoisotopic (exact) mass is 226 g/mol. The van der Waals surface area contributed by atoms with Gasteiger partial charge in [-0.15, -0.1) is 0 Å². The Kier molecular flexibility index (Phi) is 7.06. The van der Waals surface area contributed by atoms with Crippen molar-refractivity contribution in [2.45, 2.75) is 71.4 Å². The molecule has 0 bridgehead atoms. The Bertz CT molecular complexity index is 168. The van der Waals surface area contributed by atoms with Crippen LogP contribution in [0.5, 0.6) is 0 Å². The van der Waals surface area contributed by atoms with Crippen molar-refractivity contribution >= 4 is 0 Å². The van der Waals surface area contributed by atoms with Crippen LogP contribution in [0.1, 0.15) is 59.3 Å². The quantitative estimate of drug-likeness (QED) is 0.671. The summed E-state index contributed by atoms with van der Waals surface area (Å²) in [6, 6.07) is 1.63. The normalized spacial score (nSPS) is 24.6. The molecule has 16 heavy (non-hydrogen) atoms. The van der Waals surface area contributed by atoms with Gasteiger partial charge in [0.25, 0.3) is 0 Å². The number of nitrogens with one attached hydrogen (secondary N) is 1. The van der Waals surface area contributed by atoms with Crippen LogP contribution in [-0.4, -0.2) is 36.6 Å². The third kappa shape index (κ3) is 4.42. The van der Waals surface area contributed by atoms with E-state index in [1.165, 1.54) is 51.6 Å². The van der Waals surface area contributed by atoms with Crippen LogP contribution in [0, 0.1) is 0 Å². The van der Waals surface area contributed by atoms with E-state index in [0.717, 1.165) is 18.6 Å². The first kappa shape index (κ1) is 14.0. The highest BCUT2D eigenvalue weighted by molar-refractivity contribution is 4.81. The molecule has 1 aliphatic rings. The summed E-state index contributed by atoms with van der Waals surface area (Å²) in [4.78, 5) is 2.77. The van der Waals surface area contributed by atoms with Gasteiger partial charge in [0.05, 0.1) is 0 Å². The Morgan fingerprint density at radius 1 is 1.31 bits per heavy atom. The smallest absolute Gasteiger partial charge is 0.00979 e. The summed E-state index contributed by atoms with van der Waals surface area (Å²) in [7, 11) is 0. The van der Waals surface area contributed by atoms with Crippen molar-refractivity contribution < 1.29 is 0 Å². The van der Waals surface area contributed by atoms with E-state index in [1.54, 1.807) is 0 Å². The van der Waals surface area contributed by atoms with Gasteiger partial charge in [0, 0.05) is 12.1 Å². The van der Waals surface area contributed by atoms with Crippen LogP contribution in [0.15, 0.2) is 0 Å². The average molecular weight is 226 g/mol. The predicted octanol–water partition coefficient (Wildman–Crippen LogP) is 3.03. The van der Waals surface area contributed by atoms with E-state index in [-0.39, 0.29) is 0 Å². The van der Waals surface area contributed by atoms with Crippen molar-refractivity contribution in [3.8, 4) is 0 Å². The second kappa shape index (κ2) is 8.08. The summed E-state index contributed by atoms with van der Waals surface area (Å²) >= 11 is 0. The molecule has 0 radical (unpaired) electrons. The van der Waals surface area contributed by atoms with Crippen LogP contribution >= 0.6 is 0 Å². The van der Waals surface area contributed by atoms with Gasteiger partial charge >= 0.3 is 0 Å². The van der Waals surface area contributed by atoms with Crippen LogP contribution in [-0.2, 0) is 0 Å². The zero-order valence-electron chi connectivity index (χ0n) is 11.5. The SMILES string of the molecule is CCCC1CCCCN1C(C)CCNCC. The van der Waals surface area contributed by atoms with E-state index in [2.05, 4.69) is 31.0 Å². The number of rotatable bonds is 7. The molecule has 0 amide bonds. The van der Waals surface area contributed by atoms with E-state index < -0.39 is 0 Å². The third-order valence-corrected chi connectivity index (χ3v) is 3.85. The van der Waals surface area contributed by atoms with Crippen molar-refractivity contribution in [1.29, 1.82) is 0 Å². The molecule has 1 rings (SSSR count). The summed E-state index contributed by atoms with van der Waals surface area (Å²) in [6.07, 6.45) is 8.31. The van der Waals surface area contributed by atoms with Gasteiger partial charge in [-0.2, -0.15) is 0 Å². The van der Waals surface area contributed by atoms with E-state index in [1.807, 2.05) is 0 Å². The lowest BCUT2D eigenvalue weighted by Gasteiger charge is -2.40. The first-order valence-corrected chi connectivity index (χ1v) is 7.26. The maximum absolute atomic E-state index is 3.44. The average Bonchev–Trinajstić information content (AvgIpc) is 2.30. The Hall–Kier alpha value is -0.0800. The zero-order chi connectivity index (χ0) is 11.8. The molecule has 1 saturated heterocycles. The first-order valence-electron chi connectivity index (χ1n) is 7.26. The van der Waals surface area contributed by atoms with Crippen LogP contribution in [0.3, 0.4) is 0 Å². The maximum Gasteiger partial charge on any atom is 0.00979 e. The van der Waals surface area contributed by atoms with Gasteiger partial charge in [-0.1, -0.05) is 26.7 Å². The van der Waals surface area contributed by atoms with E-state index in [4.69, 9.17) is 0 Å². The molecule has 0 aromatic carbocycles. The Morgan fingerprint density at radius 2 is 2.12 bits per heavy atom. The van der Waals surface area contributed by atoms with Gasteiger partial charge in [-0.25, -0.2) is 0 Å². The molecule has 2 unspecified atom stereocenters. The lowest BCUT2D eigenvalue weighted by molar-refractivity contribution is 0.0919. The van der Waals surface area contributed by atoms with Crippen molar-refractivity contribution in [2.75, 3.05) is 19.6 Å². The Labute approximate surface area is 102 Å². The molecule has 1 N–H and O–H groups in total. The molecule has 2 nitrogen and oxygen atoms in total. The van der Waals surface area contributed by atoms with Crippen LogP contribution in [0.4, 0.5) is 0 Å². The molecule has 0 saturated carbocycles. The number of hydrogen-bond donors (Lipinski definition) is 1. The molecule has 2 heteroatoms. The minimum absolute atomic E-state index is 0.760. The number of likely N-dealkylation sites (tertiary alicyclic amines) is 1. The molecule has 1 heterocycles. The van der Waals surface area contributed by atoms with Gasteiger partial charge in [0.15, 0.2) is 0 Å². The molecule has 96 valence electrons. The van der Waals surface area contributed by atoms with Crippen LogP contribution in [0.25, 0.3) is 0 Å². The zero-order valence-corrected chi connectivity index (χ0v) is 11.5. The Morgan fingerprint density at radius 3 is 2.81 bits per heavy atom. The lowest BCUT2D eigenvalue weighted by atomic mass is 9.96. The van der Waals surface area contributed by atoms with Gasteiger partial charge in [0.1, 0.15) is 0 Å². The van der Waals surface area contributed by atoms with Gasteiger partial charge in [-0.05, 0) is 52.2 Å². The second-order valence-corrected chi connectivity index (χ2v) is 5.17. The summed E-state index contributed by atoms with van der Waals surface area (Å²) in [5.74, 6) is 0. The number of nitrogens with zero attached hydrogens (tertiary/aromatic N) is 1. The Balaban J connectivity index is 2.34. The van der Waals surface area contributed by atoms with Gasteiger partial charge < -0.3 is 5.32 Å². The highest BCUT2D eigenvalue weighted by Crippen LogP contribution is 2.23. The van der Waals surface area contributed by atoms with Crippen molar-refractivity contribution in [3.05, 3.63) is 0 Å². The molecular formula is C14H30N2. The fourth-order valence-electron chi connectivity index (χ4n) is 2.90. The fourth-order valence-corrected chi connectivity index (χ4v) is 2.90. The minimum Gasteiger partial charge on any atom is -0.317 e. The van der Waals surface area contributed by atoms with Crippen molar-refractivity contribution in [2.24, 2.45) is 0 Å². The molecule has 1 aliphatic heterocycles. The molecule has 1 fully saturated rings. The van der Waals surface area contributed by atoms with E-state index in [0.29, 0.717) is 0 Å². The van der Waals surface area contributed by atoms with Gasteiger partial charge in [0.2, 0.25) is 0 Å². The van der Waals surface area contributed by atoms with Gasteiger partial charge in [-0.3, -0.25) is 4.90 Å². The molecule has 0 aromatic heterocycles. The molecule has 0 spiro atoms. The molecular weight excluding hydrogens is 196 g/mol. The fraction of sp³-hybridized carbons (Fsp3) is 1.00. The maximum atomic E-state index is 3.44. The second-order valence-electron chi connectivity index (χ2n) is 5.17. The molecule has 0 aromatic rings. The summed E-state index contributed by atoms with van der Waals surface area (Å²) in [6.45, 7) is 10.5. The van der Waals surface area contributed by atoms with E-state index >= 15 is 0 Å². The predicted molar refractivity (Wildman–Crippen MR) is 71.9 cm³/mol. The largest absolute Gasteiger partial charge is 0.317 e. The summed E-state index contributed by atoms with van der Waals surface area (Å²) in [5, 5.41) is 3.44. The summed E-state index contributed by atoms with van der Waals surface area (Å²) in [5.41, 5.74) is 0. The highest BCUT2D eigenvalue weighted by atomic mass is 15.2. The summed E-state index contributed by atoms with van der Waals surface area (Å²) < 4.78 is 0. The molecule has 2 atom stereocenters. The first-order chi connectivity index (χ1) is 7.79. The van der Waals surface area contributed by atoms with Crippen molar-refractivity contribution in [1.82, 2.24) is 10.2 Å². The lowest BCUT2D eigenvalue weighted by Crippen LogP contribution is -2.45. The minimum atomic E-state index is 0.760. The standard InChI is InChI=1S/C14H30N2/c1-4-8-14-9-6-7-12-16(14)13(3)10-11-15-5-2/h13-15H,4-12H2,1-3H3.